The van der Waals surface area contributed by atoms with Gasteiger partial charge in [0.1, 0.15) is 5.82 Å². The molecular formula is C17H25N5S. The summed E-state index contributed by atoms with van der Waals surface area (Å²) in [6.07, 6.45) is 2.28. The fraction of sp³-hybridized carbons (Fsp3) is 0.588. The van der Waals surface area contributed by atoms with E-state index in [1.807, 2.05) is 37.5 Å². The van der Waals surface area contributed by atoms with Gasteiger partial charge in [0, 0.05) is 37.3 Å². The Labute approximate surface area is 142 Å². The first kappa shape index (κ1) is 16.3. The average Bonchev–Trinajstić information content (AvgIpc) is 3.07. The summed E-state index contributed by atoms with van der Waals surface area (Å²) in [4.78, 5) is 19.9. The van der Waals surface area contributed by atoms with Gasteiger partial charge in [0.05, 0.1) is 16.7 Å². The van der Waals surface area contributed by atoms with E-state index in [1.165, 1.54) is 11.3 Å². The average molecular weight is 331 g/mol. The van der Waals surface area contributed by atoms with E-state index >= 15 is 0 Å². The van der Waals surface area contributed by atoms with Crippen LogP contribution >= 0.6 is 11.3 Å². The third kappa shape index (κ3) is 3.10. The van der Waals surface area contributed by atoms with Crippen LogP contribution in [-0.2, 0) is 12.1 Å². The second kappa shape index (κ2) is 6.17. The Bertz CT molecular complexity index is 696. The number of aromatic nitrogens is 3. The van der Waals surface area contributed by atoms with Crippen LogP contribution in [0.1, 0.15) is 41.9 Å². The molecule has 0 aromatic carbocycles. The molecule has 5 nitrogen and oxygen atoms in total. The zero-order valence-corrected chi connectivity index (χ0v) is 15.4. The van der Waals surface area contributed by atoms with Crippen LogP contribution in [-0.4, -0.2) is 40.5 Å². The highest BCUT2D eigenvalue weighted by Crippen LogP contribution is 2.39. The van der Waals surface area contributed by atoms with E-state index in [-0.39, 0.29) is 5.54 Å². The van der Waals surface area contributed by atoms with E-state index in [0.29, 0.717) is 0 Å². The minimum atomic E-state index is -0.104. The number of thiazole rings is 1. The molecule has 1 fully saturated rings. The molecule has 0 spiro atoms. The number of hydrogen-bond donors (Lipinski definition) is 0. The van der Waals surface area contributed by atoms with Crippen molar-refractivity contribution in [1.29, 1.82) is 0 Å². The fourth-order valence-electron chi connectivity index (χ4n) is 3.20. The molecule has 1 saturated heterocycles. The summed E-state index contributed by atoms with van der Waals surface area (Å²) in [5, 5.41) is 0. The van der Waals surface area contributed by atoms with Gasteiger partial charge in [-0.3, -0.25) is 4.90 Å². The topological polar surface area (TPSA) is 45.2 Å². The molecule has 23 heavy (non-hydrogen) atoms. The van der Waals surface area contributed by atoms with E-state index in [1.54, 1.807) is 11.3 Å². The van der Waals surface area contributed by atoms with Gasteiger partial charge in [-0.25, -0.2) is 15.0 Å². The van der Waals surface area contributed by atoms with E-state index < -0.39 is 0 Å². The molecule has 2 aromatic heterocycles. The smallest absolute Gasteiger partial charge is 0.150 e. The van der Waals surface area contributed by atoms with Gasteiger partial charge in [-0.15, -0.1) is 11.3 Å². The van der Waals surface area contributed by atoms with E-state index in [0.717, 1.165) is 42.5 Å². The van der Waals surface area contributed by atoms with Crippen molar-refractivity contribution in [2.45, 2.75) is 45.7 Å². The molecule has 1 aliphatic heterocycles. The zero-order valence-electron chi connectivity index (χ0n) is 14.6. The zero-order chi connectivity index (χ0) is 16.6. The molecule has 124 valence electrons. The van der Waals surface area contributed by atoms with Crippen LogP contribution in [0.4, 0.5) is 5.82 Å². The summed E-state index contributed by atoms with van der Waals surface area (Å²) in [5.74, 6) is 1.93. The largest absolute Gasteiger partial charge is 0.363 e. The third-order valence-electron chi connectivity index (χ3n) is 4.75. The van der Waals surface area contributed by atoms with Gasteiger partial charge in [-0.1, -0.05) is 0 Å². The molecule has 1 unspecified atom stereocenters. The summed E-state index contributed by atoms with van der Waals surface area (Å²) in [6, 6.07) is 2.04. The molecule has 0 aliphatic carbocycles. The Morgan fingerprint density at radius 3 is 2.74 bits per heavy atom. The summed E-state index contributed by atoms with van der Waals surface area (Å²) >= 11 is 1.74. The lowest BCUT2D eigenvalue weighted by molar-refractivity contribution is 0.138. The molecular weight excluding hydrogens is 306 g/mol. The first-order valence-electron chi connectivity index (χ1n) is 8.07. The Kier molecular flexibility index (Phi) is 4.38. The molecule has 0 bridgehead atoms. The van der Waals surface area contributed by atoms with Crippen molar-refractivity contribution in [3.63, 3.8) is 0 Å². The van der Waals surface area contributed by atoms with Gasteiger partial charge in [-0.2, -0.15) is 0 Å². The molecule has 3 rings (SSSR count). The van der Waals surface area contributed by atoms with Crippen LogP contribution in [0.15, 0.2) is 11.6 Å². The van der Waals surface area contributed by atoms with Crippen molar-refractivity contribution in [1.82, 2.24) is 19.9 Å². The van der Waals surface area contributed by atoms with Crippen molar-refractivity contribution in [2.24, 2.45) is 0 Å². The Morgan fingerprint density at radius 1 is 1.30 bits per heavy atom. The standard InChI is InChI=1S/C17H25N5S/c1-12-9-15(21(4)5)20-16(19-12)17(3)7-6-8-22(17)10-14-13(2)18-11-23-14/h9,11H,6-8,10H2,1-5H3. The molecule has 3 heterocycles. The number of hydrogen-bond acceptors (Lipinski definition) is 6. The summed E-state index contributed by atoms with van der Waals surface area (Å²) in [7, 11) is 4.06. The van der Waals surface area contributed by atoms with Crippen molar-refractivity contribution in [3.8, 4) is 0 Å². The SMILES string of the molecule is Cc1cc(N(C)C)nc(C2(C)CCCN2Cc2scnc2C)n1. The highest BCUT2D eigenvalue weighted by molar-refractivity contribution is 7.09. The molecule has 2 aromatic rings. The van der Waals surface area contributed by atoms with Crippen LogP contribution in [0.2, 0.25) is 0 Å². The summed E-state index contributed by atoms with van der Waals surface area (Å²) in [5.41, 5.74) is 4.00. The Morgan fingerprint density at radius 2 is 2.09 bits per heavy atom. The van der Waals surface area contributed by atoms with Crippen molar-refractivity contribution >= 4 is 17.2 Å². The number of nitrogens with zero attached hydrogens (tertiary/aromatic N) is 5. The molecule has 1 aliphatic rings. The van der Waals surface area contributed by atoms with Gasteiger partial charge < -0.3 is 4.90 Å². The number of anilines is 1. The third-order valence-corrected chi connectivity index (χ3v) is 5.67. The van der Waals surface area contributed by atoms with Crippen molar-refractivity contribution in [2.75, 3.05) is 25.5 Å². The molecule has 6 heteroatoms. The van der Waals surface area contributed by atoms with Crippen LogP contribution in [0.3, 0.4) is 0 Å². The quantitative estimate of drug-likeness (QED) is 0.861. The van der Waals surface area contributed by atoms with Crippen LogP contribution in [0, 0.1) is 13.8 Å². The Hall–Kier alpha value is -1.53. The van der Waals surface area contributed by atoms with Crippen LogP contribution < -0.4 is 4.90 Å². The maximum atomic E-state index is 4.85. The monoisotopic (exact) mass is 331 g/mol. The van der Waals surface area contributed by atoms with Crippen LogP contribution in [0.5, 0.6) is 0 Å². The summed E-state index contributed by atoms with van der Waals surface area (Å²) in [6.45, 7) is 8.44. The predicted molar refractivity (Wildman–Crippen MR) is 94.9 cm³/mol. The first-order valence-corrected chi connectivity index (χ1v) is 8.95. The predicted octanol–water partition coefficient (Wildman–Crippen LogP) is 3.13. The van der Waals surface area contributed by atoms with Gasteiger partial charge in [-0.05, 0) is 40.2 Å². The highest BCUT2D eigenvalue weighted by Gasteiger charge is 2.41. The van der Waals surface area contributed by atoms with Gasteiger partial charge in [0.15, 0.2) is 5.82 Å². The lowest BCUT2D eigenvalue weighted by Gasteiger charge is -2.34. The summed E-state index contributed by atoms with van der Waals surface area (Å²) < 4.78 is 0. The molecule has 0 amide bonds. The minimum Gasteiger partial charge on any atom is -0.363 e. The minimum absolute atomic E-state index is 0.104. The lowest BCUT2D eigenvalue weighted by Crippen LogP contribution is -2.40. The van der Waals surface area contributed by atoms with Crippen molar-refractivity contribution in [3.05, 3.63) is 33.7 Å². The van der Waals surface area contributed by atoms with Gasteiger partial charge in [0.25, 0.3) is 0 Å². The van der Waals surface area contributed by atoms with E-state index in [2.05, 4.69) is 23.7 Å². The maximum Gasteiger partial charge on any atom is 0.150 e. The number of likely N-dealkylation sites (tertiary alicyclic amines) is 1. The second-order valence-corrected chi connectivity index (χ2v) is 7.68. The number of aryl methyl sites for hydroxylation is 2. The van der Waals surface area contributed by atoms with Gasteiger partial charge in [0.2, 0.25) is 0 Å². The Balaban J connectivity index is 1.94. The second-order valence-electron chi connectivity index (χ2n) is 6.75. The maximum absolute atomic E-state index is 4.85. The fourth-order valence-corrected chi connectivity index (χ4v) is 3.99. The molecule has 0 N–H and O–H groups in total. The van der Waals surface area contributed by atoms with E-state index in [4.69, 9.17) is 9.97 Å². The van der Waals surface area contributed by atoms with Crippen molar-refractivity contribution < 1.29 is 0 Å². The lowest BCUT2D eigenvalue weighted by atomic mass is 9.97. The molecule has 0 radical (unpaired) electrons. The van der Waals surface area contributed by atoms with Gasteiger partial charge >= 0.3 is 0 Å². The van der Waals surface area contributed by atoms with Crippen LogP contribution in [0.25, 0.3) is 0 Å². The molecule has 0 saturated carbocycles. The highest BCUT2D eigenvalue weighted by atomic mass is 32.1. The number of rotatable bonds is 4. The normalized spacial score (nSPS) is 21.8. The first-order chi connectivity index (χ1) is 10.9. The molecule has 1 atom stereocenters. The van der Waals surface area contributed by atoms with E-state index in [9.17, 15) is 0 Å².